The molecule has 1 N–H and O–H groups in total. The topological polar surface area (TPSA) is 60.0 Å². The van der Waals surface area contributed by atoms with Gasteiger partial charge in [-0.1, -0.05) is 6.07 Å². The van der Waals surface area contributed by atoms with Crippen LogP contribution in [0, 0.1) is 0 Å². The number of benzene rings is 1. The Morgan fingerprint density at radius 3 is 2.58 bits per heavy atom. The fourth-order valence-corrected chi connectivity index (χ4v) is 3.32. The third-order valence-corrected chi connectivity index (χ3v) is 4.31. The Kier molecular flexibility index (Phi) is 5.26. The Hall–Kier alpha value is -1.79. The molecule has 0 unspecified atom stereocenters. The maximum Gasteiger partial charge on any atom is 0.234 e. The van der Waals surface area contributed by atoms with E-state index in [4.69, 9.17) is 14.2 Å². The minimum Gasteiger partial charge on any atom is -0.486 e. The summed E-state index contributed by atoms with van der Waals surface area (Å²) in [5, 5.41) is 3.06. The van der Waals surface area contributed by atoms with Gasteiger partial charge in [-0.25, -0.2) is 0 Å². The van der Waals surface area contributed by atoms with E-state index < -0.39 is 0 Å². The number of morpholine rings is 1. The second-order valence-corrected chi connectivity index (χ2v) is 6.64. The third kappa shape index (κ3) is 4.19. The number of ether oxygens (including phenoxy) is 3. The molecule has 0 aliphatic carbocycles. The van der Waals surface area contributed by atoms with Crippen molar-refractivity contribution in [2.75, 3.05) is 32.8 Å². The van der Waals surface area contributed by atoms with E-state index in [0.717, 1.165) is 30.2 Å². The second-order valence-electron chi connectivity index (χ2n) is 6.64. The van der Waals surface area contributed by atoms with Crippen LogP contribution >= 0.6 is 0 Å². The number of nitrogens with one attached hydrogen (secondary N) is 1. The Morgan fingerprint density at radius 1 is 1.21 bits per heavy atom. The summed E-state index contributed by atoms with van der Waals surface area (Å²) in [5.74, 6) is 1.54. The quantitative estimate of drug-likeness (QED) is 0.909. The van der Waals surface area contributed by atoms with Crippen LogP contribution in [-0.4, -0.2) is 55.9 Å². The van der Waals surface area contributed by atoms with Crippen molar-refractivity contribution in [2.24, 2.45) is 0 Å². The zero-order valence-corrected chi connectivity index (χ0v) is 14.6. The van der Waals surface area contributed by atoms with Crippen molar-refractivity contribution in [3.8, 4) is 11.5 Å². The van der Waals surface area contributed by atoms with Crippen LogP contribution < -0.4 is 14.8 Å². The van der Waals surface area contributed by atoms with E-state index >= 15 is 0 Å². The van der Waals surface area contributed by atoms with Crippen LogP contribution in [0.15, 0.2) is 18.2 Å². The molecule has 2 heterocycles. The monoisotopic (exact) mass is 334 g/mol. The van der Waals surface area contributed by atoms with Gasteiger partial charge in [0.05, 0.1) is 24.8 Å². The third-order valence-electron chi connectivity index (χ3n) is 4.31. The van der Waals surface area contributed by atoms with Crippen molar-refractivity contribution in [3.63, 3.8) is 0 Å². The highest BCUT2D eigenvalue weighted by Crippen LogP contribution is 2.32. The molecule has 1 aromatic rings. The Labute approximate surface area is 143 Å². The van der Waals surface area contributed by atoms with Gasteiger partial charge < -0.3 is 19.5 Å². The van der Waals surface area contributed by atoms with E-state index in [2.05, 4.69) is 10.2 Å². The molecule has 132 valence electrons. The van der Waals surface area contributed by atoms with Gasteiger partial charge in [-0.3, -0.25) is 9.69 Å². The first-order chi connectivity index (χ1) is 11.5. The molecular formula is C18H26N2O4. The highest BCUT2D eigenvalue weighted by Gasteiger charge is 2.24. The summed E-state index contributed by atoms with van der Waals surface area (Å²) in [7, 11) is 0. The van der Waals surface area contributed by atoms with Gasteiger partial charge in [-0.2, -0.15) is 0 Å². The number of hydrogen-bond donors (Lipinski definition) is 1. The Balaban J connectivity index is 1.56. The Morgan fingerprint density at radius 2 is 1.88 bits per heavy atom. The molecule has 0 spiro atoms. The summed E-state index contributed by atoms with van der Waals surface area (Å²) in [6, 6.07) is 5.73. The van der Waals surface area contributed by atoms with Crippen LogP contribution in [0.5, 0.6) is 11.5 Å². The number of hydrogen-bond acceptors (Lipinski definition) is 5. The summed E-state index contributed by atoms with van der Waals surface area (Å²) < 4.78 is 16.8. The van der Waals surface area contributed by atoms with Crippen molar-refractivity contribution in [1.29, 1.82) is 0 Å². The maximum atomic E-state index is 12.3. The molecule has 0 radical (unpaired) electrons. The average molecular weight is 334 g/mol. The van der Waals surface area contributed by atoms with Crippen molar-refractivity contribution in [3.05, 3.63) is 23.8 Å². The predicted octanol–water partition coefficient (Wildman–Crippen LogP) is 1.74. The lowest BCUT2D eigenvalue weighted by Gasteiger charge is -2.35. The van der Waals surface area contributed by atoms with Crippen LogP contribution in [0.4, 0.5) is 0 Å². The minimum atomic E-state index is -0.0794. The van der Waals surface area contributed by atoms with Crippen molar-refractivity contribution in [1.82, 2.24) is 10.2 Å². The van der Waals surface area contributed by atoms with Crippen molar-refractivity contribution >= 4 is 5.91 Å². The lowest BCUT2D eigenvalue weighted by atomic mass is 10.1. The van der Waals surface area contributed by atoms with Gasteiger partial charge in [0.25, 0.3) is 0 Å². The number of amides is 1. The van der Waals surface area contributed by atoms with Crippen LogP contribution in [0.1, 0.15) is 32.4 Å². The van der Waals surface area contributed by atoms with Crippen molar-refractivity contribution in [2.45, 2.75) is 39.0 Å². The molecule has 0 saturated carbocycles. The van der Waals surface area contributed by atoms with Gasteiger partial charge in [0, 0.05) is 13.1 Å². The molecule has 3 rings (SSSR count). The fourth-order valence-electron chi connectivity index (χ4n) is 3.32. The van der Waals surface area contributed by atoms with Crippen LogP contribution in [0.2, 0.25) is 0 Å². The molecule has 24 heavy (non-hydrogen) atoms. The molecule has 0 bridgehead atoms. The zero-order chi connectivity index (χ0) is 17.1. The molecule has 1 fully saturated rings. The lowest BCUT2D eigenvalue weighted by Crippen LogP contribution is -2.49. The first-order valence-electron chi connectivity index (χ1n) is 8.58. The average Bonchev–Trinajstić information content (AvgIpc) is 2.53. The Bertz CT molecular complexity index is 582. The summed E-state index contributed by atoms with van der Waals surface area (Å²) in [6.07, 6.45) is 0.327. The standard InChI is InChI=1S/C18H26N2O4/c1-12-9-20(10-13(2)24-12)11-18(21)19-14(3)15-4-5-16-17(8-15)23-7-6-22-16/h4-5,8,12-14H,6-7,9-11H2,1-3H3,(H,19,21)/t12-,13-,14-/m1/s1. The largest absolute Gasteiger partial charge is 0.486 e. The van der Waals surface area contributed by atoms with E-state index in [1.165, 1.54) is 0 Å². The first kappa shape index (κ1) is 17.0. The predicted molar refractivity (Wildman–Crippen MR) is 90.4 cm³/mol. The van der Waals surface area contributed by atoms with E-state index in [1.54, 1.807) is 0 Å². The van der Waals surface area contributed by atoms with Crippen LogP contribution in [-0.2, 0) is 9.53 Å². The van der Waals surface area contributed by atoms with Gasteiger partial charge in [-0.15, -0.1) is 0 Å². The van der Waals surface area contributed by atoms with Gasteiger partial charge in [0.15, 0.2) is 11.5 Å². The van der Waals surface area contributed by atoms with Gasteiger partial charge >= 0.3 is 0 Å². The van der Waals surface area contributed by atoms with Crippen LogP contribution in [0.3, 0.4) is 0 Å². The van der Waals surface area contributed by atoms with E-state index in [-0.39, 0.29) is 24.2 Å². The summed E-state index contributed by atoms with van der Waals surface area (Å²) in [6.45, 7) is 9.17. The van der Waals surface area contributed by atoms with Gasteiger partial charge in [0.1, 0.15) is 13.2 Å². The van der Waals surface area contributed by atoms with Gasteiger partial charge in [0.2, 0.25) is 5.91 Å². The van der Waals surface area contributed by atoms with Crippen molar-refractivity contribution < 1.29 is 19.0 Å². The van der Waals surface area contributed by atoms with E-state index in [1.807, 2.05) is 39.0 Å². The first-order valence-corrected chi connectivity index (χ1v) is 8.58. The van der Waals surface area contributed by atoms with E-state index in [0.29, 0.717) is 19.8 Å². The fraction of sp³-hybridized carbons (Fsp3) is 0.611. The summed E-state index contributed by atoms with van der Waals surface area (Å²) in [4.78, 5) is 14.5. The summed E-state index contributed by atoms with van der Waals surface area (Å²) >= 11 is 0. The SMILES string of the molecule is C[C@@H]1CN(CC(=O)N[C@H](C)c2ccc3c(c2)OCCO3)C[C@@H](C)O1. The number of nitrogens with zero attached hydrogens (tertiary/aromatic N) is 1. The number of rotatable bonds is 4. The molecule has 6 heteroatoms. The molecule has 2 aliphatic rings. The molecule has 2 aliphatic heterocycles. The van der Waals surface area contributed by atoms with Crippen LogP contribution in [0.25, 0.3) is 0 Å². The molecule has 6 nitrogen and oxygen atoms in total. The highest BCUT2D eigenvalue weighted by atomic mass is 16.6. The smallest absolute Gasteiger partial charge is 0.234 e. The molecule has 0 aromatic heterocycles. The molecule has 3 atom stereocenters. The number of carbonyl (C=O) groups excluding carboxylic acids is 1. The number of carbonyl (C=O) groups is 1. The highest BCUT2D eigenvalue weighted by molar-refractivity contribution is 5.78. The zero-order valence-electron chi connectivity index (χ0n) is 14.6. The maximum absolute atomic E-state index is 12.3. The minimum absolute atomic E-state index is 0.0266. The summed E-state index contributed by atoms with van der Waals surface area (Å²) in [5.41, 5.74) is 1.01. The molecule has 1 amide bonds. The van der Waals surface area contributed by atoms with Gasteiger partial charge in [-0.05, 0) is 38.5 Å². The molecule has 1 aromatic carbocycles. The van der Waals surface area contributed by atoms with E-state index in [9.17, 15) is 4.79 Å². The number of fused-ring (bicyclic) bond motifs is 1. The molecular weight excluding hydrogens is 308 g/mol. The lowest BCUT2D eigenvalue weighted by molar-refractivity contribution is -0.126. The normalized spacial score (nSPS) is 25.1. The molecule has 1 saturated heterocycles. The second kappa shape index (κ2) is 7.40.